The van der Waals surface area contributed by atoms with Gasteiger partial charge in [-0.1, -0.05) is 25.7 Å². The summed E-state index contributed by atoms with van der Waals surface area (Å²) in [6.45, 7) is 11.5. The van der Waals surface area contributed by atoms with Crippen LogP contribution in [0.4, 0.5) is 0 Å². The molecule has 1 atom stereocenters. The van der Waals surface area contributed by atoms with E-state index in [1.54, 1.807) is 0 Å². The molecule has 132 valence electrons. The molecule has 2 aromatic rings. The SMILES string of the molecule is CC(NCCc1cn(COCC[Si](C)(C)C)cn1)c1ccccn1. The third-order valence-corrected chi connectivity index (χ3v) is 5.59. The smallest absolute Gasteiger partial charge is 0.123 e. The molecule has 1 unspecified atom stereocenters. The first-order valence-corrected chi connectivity index (χ1v) is 12.4. The van der Waals surface area contributed by atoms with E-state index in [-0.39, 0.29) is 6.04 Å². The van der Waals surface area contributed by atoms with Crippen molar-refractivity contribution >= 4 is 8.07 Å². The summed E-state index contributed by atoms with van der Waals surface area (Å²) in [6.07, 6.45) is 6.66. The summed E-state index contributed by atoms with van der Waals surface area (Å²) >= 11 is 0. The van der Waals surface area contributed by atoms with Crippen LogP contribution in [0.15, 0.2) is 36.9 Å². The van der Waals surface area contributed by atoms with Crippen molar-refractivity contribution in [3.8, 4) is 0 Å². The maximum absolute atomic E-state index is 5.74. The van der Waals surface area contributed by atoms with E-state index in [9.17, 15) is 0 Å². The van der Waals surface area contributed by atoms with Crippen LogP contribution in [0.3, 0.4) is 0 Å². The molecule has 2 aromatic heterocycles. The first-order valence-electron chi connectivity index (χ1n) is 8.67. The molecule has 2 rings (SSSR count). The molecule has 0 amide bonds. The van der Waals surface area contributed by atoms with Crippen LogP contribution in [-0.4, -0.2) is 35.8 Å². The van der Waals surface area contributed by atoms with Crippen molar-refractivity contribution in [2.24, 2.45) is 0 Å². The first kappa shape index (κ1) is 18.8. The maximum Gasteiger partial charge on any atom is 0.123 e. The number of rotatable bonds is 10. The number of hydrogen-bond acceptors (Lipinski definition) is 4. The molecule has 0 aliphatic carbocycles. The van der Waals surface area contributed by atoms with Gasteiger partial charge >= 0.3 is 0 Å². The molecule has 0 bridgehead atoms. The van der Waals surface area contributed by atoms with Crippen LogP contribution in [0.25, 0.3) is 0 Å². The van der Waals surface area contributed by atoms with E-state index < -0.39 is 8.07 Å². The number of imidazole rings is 1. The van der Waals surface area contributed by atoms with Crippen molar-refractivity contribution in [3.05, 3.63) is 48.3 Å². The van der Waals surface area contributed by atoms with Gasteiger partial charge in [-0.2, -0.15) is 0 Å². The van der Waals surface area contributed by atoms with Gasteiger partial charge in [0.1, 0.15) is 6.73 Å². The summed E-state index contributed by atoms with van der Waals surface area (Å²) in [5, 5.41) is 3.49. The maximum atomic E-state index is 5.74. The normalized spacial score (nSPS) is 13.2. The van der Waals surface area contributed by atoms with E-state index in [0.29, 0.717) is 6.73 Å². The molecular weight excluding hydrogens is 316 g/mol. The van der Waals surface area contributed by atoms with Crippen molar-refractivity contribution in [2.75, 3.05) is 13.2 Å². The minimum absolute atomic E-state index is 0.248. The van der Waals surface area contributed by atoms with E-state index in [1.165, 1.54) is 6.04 Å². The molecule has 0 fully saturated rings. The van der Waals surface area contributed by atoms with Gasteiger partial charge < -0.3 is 14.6 Å². The molecular formula is C18H30N4OSi. The van der Waals surface area contributed by atoms with Crippen LogP contribution in [-0.2, 0) is 17.9 Å². The summed E-state index contributed by atoms with van der Waals surface area (Å²) in [6, 6.07) is 7.45. The molecule has 0 spiro atoms. The summed E-state index contributed by atoms with van der Waals surface area (Å²) in [4.78, 5) is 8.82. The van der Waals surface area contributed by atoms with Gasteiger partial charge in [0.25, 0.3) is 0 Å². The van der Waals surface area contributed by atoms with Crippen molar-refractivity contribution in [3.63, 3.8) is 0 Å². The van der Waals surface area contributed by atoms with Gasteiger partial charge in [-0.3, -0.25) is 4.98 Å². The fraction of sp³-hybridized carbons (Fsp3) is 0.556. The molecule has 2 heterocycles. The second-order valence-corrected chi connectivity index (χ2v) is 13.0. The van der Waals surface area contributed by atoms with Gasteiger partial charge in [-0.05, 0) is 25.1 Å². The minimum Gasteiger partial charge on any atom is -0.361 e. The molecule has 0 saturated carbocycles. The summed E-state index contributed by atoms with van der Waals surface area (Å²) in [5.41, 5.74) is 2.16. The van der Waals surface area contributed by atoms with Gasteiger partial charge in [0.15, 0.2) is 0 Å². The van der Waals surface area contributed by atoms with E-state index in [2.05, 4.69) is 48.0 Å². The lowest BCUT2D eigenvalue weighted by Crippen LogP contribution is -2.22. The Morgan fingerprint density at radius 3 is 2.79 bits per heavy atom. The highest BCUT2D eigenvalue weighted by atomic mass is 28.3. The highest BCUT2D eigenvalue weighted by Gasteiger charge is 2.12. The predicted octanol–water partition coefficient (Wildman–Crippen LogP) is 3.48. The topological polar surface area (TPSA) is 52.0 Å². The first-order chi connectivity index (χ1) is 11.4. The van der Waals surface area contributed by atoms with Crippen LogP contribution in [0.1, 0.15) is 24.4 Å². The molecule has 0 saturated heterocycles. The second-order valence-electron chi connectivity index (χ2n) is 7.41. The van der Waals surface area contributed by atoms with Crippen LogP contribution < -0.4 is 5.32 Å². The number of nitrogens with zero attached hydrogens (tertiary/aromatic N) is 3. The van der Waals surface area contributed by atoms with E-state index >= 15 is 0 Å². The summed E-state index contributed by atoms with van der Waals surface area (Å²) < 4.78 is 7.76. The van der Waals surface area contributed by atoms with Crippen molar-refractivity contribution < 1.29 is 4.74 Å². The van der Waals surface area contributed by atoms with Crippen LogP contribution in [0.2, 0.25) is 25.7 Å². The lowest BCUT2D eigenvalue weighted by atomic mass is 10.2. The van der Waals surface area contributed by atoms with Gasteiger partial charge in [0, 0.05) is 46.1 Å². The Hall–Kier alpha value is -1.50. The Morgan fingerprint density at radius 1 is 1.25 bits per heavy atom. The van der Waals surface area contributed by atoms with E-state index in [4.69, 9.17) is 4.74 Å². The largest absolute Gasteiger partial charge is 0.361 e. The number of aromatic nitrogens is 3. The zero-order chi connectivity index (χ0) is 17.4. The molecule has 0 aliphatic heterocycles. The van der Waals surface area contributed by atoms with Gasteiger partial charge in [0.05, 0.1) is 17.7 Å². The van der Waals surface area contributed by atoms with E-state index in [0.717, 1.165) is 31.0 Å². The lowest BCUT2D eigenvalue weighted by molar-refractivity contribution is 0.0871. The monoisotopic (exact) mass is 346 g/mol. The second kappa shape index (κ2) is 9.10. The molecule has 24 heavy (non-hydrogen) atoms. The number of hydrogen-bond donors (Lipinski definition) is 1. The molecule has 6 heteroatoms. The molecule has 0 aliphatic rings. The van der Waals surface area contributed by atoms with Crippen LogP contribution in [0.5, 0.6) is 0 Å². The lowest BCUT2D eigenvalue weighted by Gasteiger charge is -2.15. The van der Waals surface area contributed by atoms with Gasteiger partial charge in [-0.25, -0.2) is 4.98 Å². The van der Waals surface area contributed by atoms with Crippen molar-refractivity contribution in [2.45, 2.75) is 51.8 Å². The molecule has 5 nitrogen and oxygen atoms in total. The average molecular weight is 347 g/mol. The zero-order valence-electron chi connectivity index (χ0n) is 15.3. The number of nitrogens with one attached hydrogen (secondary N) is 1. The highest BCUT2D eigenvalue weighted by molar-refractivity contribution is 6.76. The Morgan fingerprint density at radius 2 is 2.08 bits per heavy atom. The van der Waals surface area contributed by atoms with Crippen LogP contribution >= 0.6 is 0 Å². The third-order valence-electron chi connectivity index (χ3n) is 3.89. The zero-order valence-corrected chi connectivity index (χ0v) is 16.3. The van der Waals surface area contributed by atoms with Gasteiger partial charge in [0.2, 0.25) is 0 Å². The number of pyridine rings is 1. The quantitative estimate of drug-likeness (QED) is 0.528. The Labute approximate surface area is 146 Å². The van der Waals surface area contributed by atoms with Crippen LogP contribution in [0, 0.1) is 0 Å². The number of ether oxygens (including phenoxy) is 1. The summed E-state index contributed by atoms with van der Waals surface area (Å²) in [5.74, 6) is 0. The van der Waals surface area contributed by atoms with Gasteiger partial charge in [-0.15, -0.1) is 0 Å². The Kier molecular flexibility index (Phi) is 7.14. The average Bonchev–Trinajstić information content (AvgIpc) is 2.99. The fourth-order valence-corrected chi connectivity index (χ4v) is 3.06. The third kappa shape index (κ3) is 6.94. The molecule has 0 aromatic carbocycles. The highest BCUT2D eigenvalue weighted by Crippen LogP contribution is 2.09. The van der Waals surface area contributed by atoms with Crippen molar-refractivity contribution in [1.29, 1.82) is 0 Å². The minimum atomic E-state index is -1.01. The van der Waals surface area contributed by atoms with Crippen molar-refractivity contribution in [1.82, 2.24) is 19.9 Å². The Bertz CT molecular complexity index is 595. The van der Waals surface area contributed by atoms with E-state index in [1.807, 2.05) is 35.3 Å². The molecule has 0 radical (unpaired) electrons. The summed E-state index contributed by atoms with van der Waals surface area (Å²) in [7, 11) is -1.01. The standard InChI is InChI=1S/C18H30N4OSi/c1-16(18-7-5-6-9-20-18)19-10-8-17-13-22(14-21-17)15-23-11-12-24(2,3)4/h5-7,9,13-14,16,19H,8,10-12,15H2,1-4H3. The Balaban J connectivity index is 1.66. The predicted molar refractivity (Wildman–Crippen MR) is 101 cm³/mol. The fourth-order valence-electron chi connectivity index (χ4n) is 2.31. The molecule has 1 N–H and O–H groups in total.